The van der Waals surface area contributed by atoms with Crippen molar-refractivity contribution in [1.82, 2.24) is 9.97 Å². The second-order valence-corrected chi connectivity index (χ2v) is 6.39. The van der Waals surface area contributed by atoms with E-state index >= 15 is 0 Å². The normalized spacial score (nSPS) is 12.2. The Hall–Kier alpha value is -3.07. The van der Waals surface area contributed by atoms with E-state index in [9.17, 15) is 0 Å². The van der Waals surface area contributed by atoms with E-state index in [0.29, 0.717) is 0 Å². The number of aromatic nitrogens is 2. The maximum absolute atomic E-state index is 4.34. The number of rotatable bonds is 4. The molecule has 2 aromatic carbocycles. The molecule has 0 bridgehead atoms. The molecule has 0 aliphatic rings. The number of para-hydroxylation sites is 2. The number of nitrogens with zero attached hydrogens (tertiary/aromatic N) is 1. The summed E-state index contributed by atoms with van der Waals surface area (Å²) in [5.41, 5.74) is 7.13. The highest BCUT2D eigenvalue weighted by molar-refractivity contribution is 5.86. The van der Waals surface area contributed by atoms with Crippen LogP contribution in [0.25, 0.3) is 10.9 Å². The summed E-state index contributed by atoms with van der Waals surface area (Å²) in [5.74, 6) is 0. The second kappa shape index (κ2) is 6.44. The van der Waals surface area contributed by atoms with Crippen molar-refractivity contribution in [2.45, 2.75) is 19.9 Å². The van der Waals surface area contributed by atoms with Crippen LogP contribution in [0.3, 0.4) is 0 Å². The molecule has 2 aromatic heterocycles. The lowest BCUT2D eigenvalue weighted by atomic mass is 9.96. The Morgan fingerprint density at radius 3 is 2.52 bits per heavy atom. The van der Waals surface area contributed by atoms with E-state index in [1.807, 2.05) is 18.5 Å². The fourth-order valence-corrected chi connectivity index (χ4v) is 3.43. The zero-order valence-electron chi connectivity index (χ0n) is 14.5. The predicted molar refractivity (Wildman–Crippen MR) is 104 cm³/mol. The molecule has 0 amide bonds. The SMILES string of the molecule is Cc1ccccc1NC(c1cccnc1)c1c(C)[nH]c2ccccc12. The van der Waals surface area contributed by atoms with E-state index in [2.05, 4.69) is 83.7 Å². The molecular weight excluding hydrogens is 306 g/mol. The average Bonchev–Trinajstić information content (AvgIpc) is 2.97. The minimum Gasteiger partial charge on any atom is -0.374 e. The molecule has 2 heterocycles. The van der Waals surface area contributed by atoms with Gasteiger partial charge in [0.1, 0.15) is 0 Å². The quantitative estimate of drug-likeness (QED) is 0.528. The number of H-pyrrole nitrogens is 1. The van der Waals surface area contributed by atoms with Gasteiger partial charge in [0.05, 0.1) is 6.04 Å². The van der Waals surface area contributed by atoms with Gasteiger partial charge in [-0.15, -0.1) is 0 Å². The van der Waals surface area contributed by atoms with E-state index in [1.165, 1.54) is 22.2 Å². The summed E-state index contributed by atoms with van der Waals surface area (Å²) in [6.07, 6.45) is 3.76. The first-order valence-corrected chi connectivity index (χ1v) is 8.53. The second-order valence-electron chi connectivity index (χ2n) is 6.39. The topological polar surface area (TPSA) is 40.7 Å². The Kier molecular flexibility index (Phi) is 3.98. The third-order valence-electron chi connectivity index (χ3n) is 4.69. The van der Waals surface area contributed by atoms with Crippen LogP contribution in [-0.2, 0) is 0 Å². The Balaban J connectivity index is 1.88. The molecule has 0 spiro atoms. The van der Waals surface area contributed by atoms with Crippen LogP contribution in [0.4, 0.5) is 5.69 Å². The number of pyridine rings is 1. The fourth-order valence-electron chi connectivity index (χ4n) is 3.43. The number of benzene rings is 2. The molecule has 0 saturated carbocycles. The van der Waals surface area contributed by atoms with Crippen molar-refractivity contribution in [2.24, 2.45) is 0 Å². The molecule has 4 rings (SSSR count). The van der Waals surface area contributed by atoms with Gasteiger partial charge >= 0.3 is 0 Å². The molecule has 0 radical (unpaired) electrons. The van der Waals surface area contributed by atoms with Gasteiger partial charge in [0.15, 0.2) is 0 Å². The first-order chi connectivity index (χ1) is 12.2. The first kappa shape index (κ1) is 15.5. The Bertz CT molecular complexity index is 1000. The van der Waals surface area contributed by atoms with Crippen LogP contribution < -0.4 is 5.32 Å². The molecule has 0 aliphatic carbocycles. The van der Waals surface area contributed by atoms with E-state index in [4.69, 9.17) is 0 Å². The number of aromatic amines is 1. The molecule has 1 atom stereocenters. The van der Waals surface area contributed by atoms with Crippen molar-refractivity contribution >= 4 is 16.6 Å². The highest BCUT2D eigenvalue weighted by Gasteiger charge is 2.21. The molecule has 2 N–H and O–H groups in total. The molecule has 0 aliphatic heterocycles. The predicted octanol–water partition coefficient (Wildman–Crippen LogP) is 5.38. The Labute approximate surface area is 147 Å². The van der Waals surface area contributed by atoms with E-state index in [1.54, 1.807) is 0 Å². The lowest BCUT2D eigenvalue weighted by Crippen LogP contribution is -2.14. The third kappa shape index (κ3) is 2.89. The largest absolute Gasteiger partial charge is 0.374 e. The molecule has 3 nitrogen and oxygen atoms in total. The molecule has 4 aromatic rings. The molecule has 25 heavy (non-hydrogen) atoms. The Morgan fingerprint density at radius 2 is 1.72 bits per heavy atom. The molecule has 0 saturated heterocycles. The monoisotopic (exact) mass is 327 g/mol. The number of aryl methyl sites for hydroxylation is 2. The maximum Gasteiger partial charge on any atom is 0.0805 e. The summed E-state index contributed by atoms with van der Waals surface area (Å²) in [6.45, 7) is 4.27. The van der Waals surface area contributed by atoms with Crippen molar-refractivity contribution in [3.8, 4) is 0 Å². The highest BCUT2D eigenvalue weighted by Crippen LogP contribution is 2.34. The number of anilines is 1. The summed E-state index contributed by atoms with van der Waals surface area (Å²) in [4.78, 5) is 7.86. The minimum atomic E-state index is 0.0333. The maximum atomic E-state index is 4.34. The van der Waals surface area contributed by atoms with Crippen molar-refractivity contribution < 1.29 is 0 Å². The molecule has 1 unspecified atom stereocenters. The molecular formula is C22H21N3. The van der Waals surface area contributed by atoms with Crippen LogP contribution in [-0.4, -0.2) is 9.97 Å². The zero-order chi connectivity index (χ0) is 17.2. The molecule has 3 heteroatoms. The van der Waals surface area contributed by atoms with Gasteiger partial charge < -0.3 is 10.3 Å². The van der Waals surface area contributed by atoms with Gasteiger partial charge in [0.2, 0.25) is 0 Å². The van der Waals surface area contributed by atoms with Crippen LogP contribution in [0.1, 0.15) is 28.4 Å². The standard InChI is InChI=1S/C22H21N3/c1-15-8-3-5-11-19(15)25-22(17-9-7-13-23-14-17)21-16(2)24-20-12-6-4-10-18(20)21/h3-14,22,24-25H,1-2H3. The third-order valence-corrected chi connectivity index (χ3v) is 4.69. The van der Waals surface area contributed by atoms with Crippen LogP contribution in [0.5, 0.6) is 0 Å². The van der Waals surface area contributed by atoms with Gasteiger partial charge in [0, 0.05) is 40.2 Å². The van der Waals surface area contributed by atoms with Gasteiger partial charge in [-0.1, -0.05) is 42.5 Å². The zero-order valence-corrected chi connectivity index (χ0v) is 14.5. The van der Waals surface area contributed by atoms with Crippen LogP contribution in [0, 0.1) is 13.8 Å². The molecule has 0 fully saturated rings. The van der Waals surface area contributed by atoms with Crippen molar-refractivity contribution in [1.29, 1.82) is 0 Å². The number of nitrogens with one attached hydrogen (secondary N) is 2. The summed E-state index contributed by atoms with van der Waals surface area (Å²) in [7, 11) is 0. The number of hydrogen-bond donors (Lipinski definition) is 2. The lowest BCUT2D eigenvalue weighted by molar-refractivity contribution is 0.920. The van der Waals surface area contributed by atoms with Crippen LogP contribution in [0.2, 0.25) is 0 Å². The van der Waals surface area contributed by atoms with Crippen molar-refractivity contribution in [3.05, 3.63) is 95.4 Å². The van der Waals surface area contributed by atoms with E-state index in [-0.39, 0.29) is 6.04 Å². The van der Waals surface area contributed by atoms with Crippen molar-refractivity contribution in [2.75, 3.05) is 5.32 Å². The Morgan fingerprint density at radius 1 is 0.920 bits per heavy atom. The fraction of sp³-hybridized carbons (Fsp3) is 0.136. The summed E-state index contributed by atoms with van der Waals surface area (Å²) in [5, 5.41) is 4.98. The van der Waals surface area contributed by atoms with Gasteiger partial charge in [-0.2, -0.15) is 0 Å². The average molecular weight is 327 g/mol. The summed E-state index contributed by atoms with van der Waals surface area (Å²) < 4.78 is 0. The minimum absolute atomic E-state index is 0.0333. The van der Waals surface area contributed by atoms with Gasteiger partial charge in [-0.25, -0.2) is 0 Å². The molecule has 124 valence electrons. The first-order valence-electron chi connectivity index (χ1n) is 8.53. The van der Waals surface area contributed by atoms with Gasteiger partial charge in [-0.05, 0) is 43.2 Å². The summed E-state index contributed by atoms with van der Waals surface area (Å²) >= 11 is 0. The summed E-state index contributed by atoms with van der Waals surface area (Å²) in [6, 6.07) is 21.0. The number of fused-ring (bicyclic) bond motifs is 1. The lowest BCUT2D eigenvalue weighted by Gasteiger charge is -2.22. The highest BCUT2D eigenvalue weighted by atomic mass is 14.9. The van der Waals surface area contributed by atoms with E-state index < -0.39 is 0 Å². The van der Waals surface area contributed by atoms with Gasteiger partial charge in [-0.3, -0.25) is 4.98 Å². The van der Waals surface area contributed by atoms with Crippen LogP contribution in [0.15, 0.2) is 73.1 Å². The van der Waals surface area contributed by atoms with E-state index in [0.717, 1.165) is 16.8 Å². The van der Waals surface area contributed by atoms with Crippen LogP contribution >= 0.6 is 0 Å². The number of hydrogen-bond acceptors (Lipinski definition) is 2. The van der Waals surface area contributed by atoms with Crippen molar-refractivity contribution in [3.63, 3.8) is 0 Å². The smallest absolute Gasteiger partial charge is 0.0805 e. The van der Waals surface area contributed by atoms with Gasteiger partial charge in [0.25, 0.3) is 0 Å².